The molecule has 1 aromatic carbocycles. The Morgan fingerprint density at radius 1 is 1.29 bits per heavy atom. The lowest BCUT2D eigenvalue weighted by Crippen LogP contribution is -2.25. The summed E-state index contributed by atoms with van der Waals surface area (Å²) in [6, 6.07) is 6.83. The number of aliphatic hydroxyl groups is 1. The molecule has 17 heavy (non-hydrogen) atoms. The van der Waals surface area contributed by atoms with Gasteiger partial charge in [0.15, 0.2) is 0 Å². The van der Waals surface area contributed by atoms with Crippen molar-refractivity contribution in [3.8, 4) is 0 Å². The third-order valence-corrected chi connectivity index (χ3v) is 2.62. The highest BCUT2D eigenvalue weighted by Gasteiger charge is 2.07. The van der Waals surface area contributed by atoms with Crippen LogP contribution in [-0.2, 0) is 6.54 Å². The van der Waals surface area contributed by atoms with E-state index < -0.39 is 0 Å². The summed E-state index contributed by atoms with van der Waals surface area (Å²) in [7, 11) is 0. The number of halogens is 1. The average Bonchev–Trinajstić information content (AvgIpc) is 2.32. The molecule has 0 amide bonds. The minimum atomic E-state index is -0.163. The Balaban J connectivity index is 2.53. The van der Waals surface area contributed by atoms with Crippen molar-refractivity contribution >= 4 is 0 Å². The molecule has 0 aliphatic heterocycles. The van der Waals surface area contributed by atoms with Gasteiger partial charge in [-0.15, -0.1) is 6.58 Å². The van der Waals surface area contributed by atoms with E-state index in [4.69, 9.17) is 5.11 Å². The first-order valence-corrected chi connectivity index (χ1v) is 5.95. The van der Waals surface area contributed by atoms with Gasteiger partial charge in [0.05, 0.1) is 0 Å². The van der Waals surface area contributed by atoms with Crippen LogP contribution in [0.3, 0.4) is 0 Å². The summed E-state index contributed by atoms with van der Waals surface area (Å²) < 4.78 is 13.5. The van der Waals surface area contributed by atoms with Crippen molar-refractivity contribution in [1.82, 2.24) is 4.90 Å². The largest absolute Gasteiger partial charge is 0.396 e. The summed E-state index contributed by atoms with van der Waals surface area (Å²) in [4.78, 5) is 2.13. The van der Waals surface area contributed by atoms with E-state index in [-0.39, 0.29) is 12.4 Å². The van der Waals surface area contributed by atoms with Crippen LogP contribution in [0, 0.1) is 5.82 Å². The molecule has 1 N–H and O–H groups in total. The molecule has 0 unspecified atom stereocenters. The zero-order chi connectivity index (χ0) is 12.5. The molecule has 0 saturated carbocycles. The van der Waals surface area contributed by atoms with Gasteiger partial charge in [-0.1, -0.05) is 24.3 Å². The molecule has 0 aliphatic rings. The van der Waals surface area contributed by atoms with Gasteiger partial charge >= 0.3 is 0 Å². The maximum atomic E-state index is 13.5. The monoisotopic (exact) mass is 237 g/mol. The van der Waals surface area contributed by atoms with Crippen LogP contribution in [0.5, 0.6) is 0 Å². The zero-order valence-corrected chi connectivity index (χ0v) is 10.1. The van der Waals surface area contributed by atoms with Gasteiger partial charge in [-0.2, -0.15) is 0 Å². The van der Waals surface area contributed by atoms with Crippen LogP contribution in [0.15, 0.2) is 36.9 Å². The van der Waals surface area contributed by atoms with Crippen molar-refractivity contribution in [1.29, 1.82) is 0 Å². The lowest BCUT2D eigenvalue weighted by atomic mass is 10.2. The second-order valence-corrected chi connectivity index (χ2v) is 4.05. The van der Waals surface area contributed by atoms with Crippen LogP contribution < -0.4 is 0 Å². The first-order valence-electron chi connectivity index (χ1n) is 5.95. The van der Waals surface area contributed by atoms with E-state index in [0.717, 1.165) is 25.9 Å². The number of aliphatic hydroxyl groups excluding tert-OH is 1. The number of rotatable bonds is 8. The molecule has 1 rings (SSSR count). The third-order valence-electron chi connectivity index (χ3n) is 2.62. The van der Waals surface area contributed by atoms with Gasteiger partial charge in [-0.05, 0) is 25.5 Å². The number of hydrogen-bond acceptors (Lipinski definition) is 2. The molecule has 94 valence electrons. The lowest BCUT2D eigenvalue weighted by Gasteiger charge is -2.20. The molecule has 0 spiro atoms. The van der Waals surface area contributed by atoms with E-state index in [1.54, 1.807) is 12.1 Å². The molecule has 3 heteroatoms. The minimum absolute atomic E-state index is 0.163. The second kappa shape index (κ2) is 7.98. The summed E-state index contributed by atoms with van der Waals surface area (Å²) in [6.45, 7) is 6.09. The molecule has 0 fully saturated rings. The van der Waals surface area contributed by atoms with Gasteiger partial charge in [-0.25, -0.2) is 4.39 Å². The smallest absolute Gasteiger partial charge is 0.127 e. The van der Waals surface area contributed by atoms with Crippen molar-refractivity contribution in [2.45, 2.75) is 19.4 Å². The molecule has 1 aromatic rings. The van der Waals surface area contributed by atoms with Crippen molar-refractivity contribution in [2.24, 2.45) is 0 Å². The zero-order valence-electron chi connectivity index (χ0n) is 10.1. The van der Waals surface area contributed by atoms with Crippen LogP contribution in [0.1, 0.15) is 18.4 Å². The Labute approximate surface area is 102 Å². The van der Waals surface area contributed by atoms with Crippen LogP contribution in [0.2, 0.25) is 0 Å². The predicted molar refractivity (Wildman–Crippen MR) is 68.2 cm³/mol. The van der Waals surface area contributed by atoms with Crippen molar-refractivity contribution in [3.05, 3.63) is 48.3 Å². The maximum Gasteiger partial charge on any atom is 0.127 e. The van der Waals surface area contributed by atoms with Gasteiger partial charge < -0.3 is 5.11 Å². The molecule has 0 bridgehead atoms. The van der Waals surface area contributed by atoms with E-state index >= 15 is 0 Å². The highest BCUT2D eigenvalue weighted by Crippen LogP contribution is 2.10. The van der Waals surface area contributed by atoms with E-state index in [2.05, 4.69) is 11.5 Å². The molecule has 2 nitrogen and oxygen atoms in total. The summed E-state index contributed by atoms with van der Waals surface area (Å²) in [6.07, 6.45) is 3.52. The normalized spacial score (nSPS) is 10.8. The quantitative estimate of drug-likeness (QED) is 0.555. The predicted octanol–water partition coefficient (Wildman–Crippen LogP) is 2.59. The maximum absolute atomic E-state index is 13.5. The molecule has 0 radical (unpaired) electrons. The van der Waals surface area contributed by atoms with Crippen LogP contribution >= 0.6 is 0 Å². The van der Waals surface area contributed by atoms with E-state index in [1.165, 1.54) is 6.07 Å². The highest BCUT2D eigenvalue weighted by molar-refractivity contribution is 5.17. The Bertz CT molecular complexity index is 341. The fourth-order valence-electron chi connectivity index (χ4n) is 1.73. The molecule has 0 saturated heterocycles. The topological polar surface area (TPSA) is 23.5 Å². The molecular weight excluding hydrogens is 217 g/mol. The molecule has 0 aliphatic carbocycles. The Kier molecular flexibility index (Phi) is 6.51. The van der Waals surface area contributed by atoms with Gasteiger partial charge in [0.25, 0.3) is 0 Å². The van der Waals surface area contributed by atoms with Crippen LogP contribution in [-0.4, -0.2) is 29.7 Å². The van der Waals surface area contributed by atoms with Crippen molar-refractivity contribution < 1.29 is 9.50 Å². The number of hydrogen-bond donors (Lipinski definition) is 1. The van der Waals surface area contributed by atoms with Gasteiger partial charge in [0, 0.05) is 25.3 Å². The number of nitrogens with zero attached hydrogens (tertiary/aromatic N) is 1. The van der Waals surface area contributed by atoms with Gasteiger partial charge in [-0.3, -0.25) is 4.90 Å². The summed E-state index contributed by atoms with van der Waals surface area (Å²) in [5.41, 5.74) is 0.707. The van der Waals surface area contributed by atoms with Crippen LogP contribution in [0.4, 0.5) is 4.39 Å². The van der Waals surface area contributed by atoms with E-state index in [1.807, 2.05) is 12.1 Å². The SMILES string of the molecule is C=CCN(CCCCO)Cc1ccccc1F. The highest BCUT2D eigenvalue weighted by atomic mass is 19.1. The number of benzene rings is 1. The minimum Gasteiger partial charge on any atom is -0.396 e. The van der Waals surface area contributed by atoms with E-state index in [9.17, 15) is 4.39 Å². The lowest BCUT2D eigenvalue weighted by molar-refractivity contribution is 0.248. The van der Waals surface area contributed by atoms with Crippen molar-refractivity contribution in [2.75, 3.05) is 19.7 Å². The second-order valence-electron chi connectivity index (χ2n) is 4.05. The Morgan fingerprint density at radius 2 is 2.06 bits per heavy atom. The first-order chi connectivity index (χ1) is 8.27. The number of unbranched alkanes of at least 4 members (excludes halogenated alkanes) is 1. The average molecular weight is 237 g/mol. The summed E-state index contributed by atoms with van der Waals surface area (Å²) in [5, 5.41) is 8.74. The fraction of sp³-hybridized carbons (Fsp3) is 0.429. The van der Waals surface area contributed by atoms with Crippen molar-refractivity contribution in [3.63, 3.8) is 0 Å². The van der Waals surface area contributed by atoms with Gasteiger partial charge in [0.1, 0.15) is 5.82 Å². The molecular formula is C14H20FNO. The standard InChI is InChI=1S/C14H20FNO/c1-2-9-16(10-5-6-11-17)12-13-7-3-4-8-14(13)15/h2-4,7-8,17H,1,5-6,9-12H2. The first kappa shape index (κ1) is 13.9. The summed E-state index contributed by atoms with van der Waals surface area (Å²) in [5.74, 6) is -0.163. The van der Waals surface area contributed by atoms with E-state index in [0.29, 0.717) is 12.1 Å². The molecule has 0 atom stereocenters. The Morgan fingerprint density at radius 3 is 2.71 bits per heavy atom. The summed E-state index contributed by atoms with van der Waals surface area (Å²) >= 11 is 0. The van der Waals surface area contributed by atoms with Crippen LogP contribution in [0.25, 0.3) is 0 Å². The Hall–Kier alpha value is -1.19. The third kappa shape index (κ3) is 5.11. The molecule has 0 heterocycles. The molecule has 0 aromatic heterocycles. The van der Waals surface area contributed by atoms with Gasteiger partial charge in [0.2, 0.25) is 0 Å². The fourth-order valence-corrected chi connectivity index (χ4v) is 1.73.